The molecule has 4 aromatic carbocycles. The first kappa shape index (κ1) is 32.5. The van der Waals surface area contributed by atoms with Crippen LogP contribution in [0, 0.1) is 10.1 Å². The van der Waals surface area contributed by atoms with Crippen LogP contribution in [0.5, 0.6) is 5.75 Å². The molecule has 11 heteroatoms. The number of thioether (sulfide) groups is 1. The van der Waals surface area contributed by atoms with Gasteiger partial charge in [-0.15, -0.1) is 11.8 Å². The number of benzene rings is 4. The number of amides is 3. The highest BCUT2D eigenvalue weighted by Gasteiger charge is 2.18. The maximum Gasteiger partial charge on any atom is 0.276 e. The number of nitrogens with one attached hydrogen (secondary N) is 3. The summed E-state index contributed by atoms with van der Waals surface area (Å²) in [5.74, 6) is -0.562. The molecule has 0 fully saturated rings. The molecule has 4 rings (SSSR count). The van der Waals surface area contributed by atoms with Crippen molar-refractivity contribution < 1.29 is 24.0 Å². The average Bonchev–Trinajstić information content (AvgIpc) is 3.05. The molecule has 0 aliphatic rings. The van der Waals surface area contributed by atoms with Crippen molar-refractivity contribution in [2.75, 3.05) is 23.0 Å². The zero-order valence-electron chi connectivity index (χ0n) is 24.5. The molecule has 45 heavy (non-hydrogen) atoms. The van der Waals surface area contributed by atoms with E-state index in [4.69, 9.17) is 4.74 Å². The lowest BCUT2D eigenvalue weighted by molar-refractivity contribution is -0.385. The molecule has 0 aromatic heterocycles. The van der Waals surface area contributed by atoms with Gasteiger partial charge in [-0.3, -0.25) is 24.5 Å². The van der Waals surface area contributed by atoms with Crippen LogP contribution in [0.1, 0.15) is 35.7 Å². The van der Waals surface area contributed by atoms with E-state index in [0.29, 0.717) is 23.5 Å². The van der Waals surface area contributed by atoms with Crippen LogP contribution in [0.2, 0.25) is 0 Å². The Morgan fingerprint density at radius 2 is 1.60 bits per heavy atom. The minimum absolute atomic E-state index is 0.127. The number of ether oxygens (including phenoxy) is 1. The van der Waals surface area contributed by atoms with Crippen LogP contribution in [0.3, 0.4) is 0 Å². The number of para-hydroxylation sites is 1. The summed E-state index contributed by atoms with van der Waals surface area (Å²) >= 11 is 1.28. The Bertz CT molecular complexity index is 1680. The second-order valence-corrected chi connectivity index (χ2v) is 10.8. The highest BCUT2D eigenvalue weighted by molar-refractivity contribution is 8.00. The highest BCUT2D eigenvalue weighted by atomic mass is 32.2. The van der Waals surface area contributed by atoms with E-state index in [2.05, 4.69) is 22.9 Å². The first-order chi connectivity index (χ1) is 21.8. The summed E-state index contributed by atoms with van der Waals surface area (Å²) in [5, 5.41) is 19.7. The van der Waals surface area contributed by atoms with Crippen molar-refractivity contribution in [2.24, 2.45) is 0 Å². The summed E-state index contributed by atoms with van der Waals surface area (Å²) in [5.41, 5.74) is 1.12. The first-order valence-electron chi connectivity index (χ1n) is 14.2. The van der Waals surface area contributed by atoms with Crippen molar-refractivity contribution in [3.05, 3.63) is 130 Å². The molecule has 0 bridgehead atoms. The molecule has 230 valence electrons. The fourth-order valence-corrected chi connectivity index (χ4v) is 4.81. The van der Waals surface area contributed by atoms with Crippen LogP contribution >= 0.6 is 11.8 Å². The third kappa shape index (κ3) is 10.1. The van der Waals surface area contributed by atoms with Gasteiger partial charge in [-0.05, 0) is 73.2 Å². The van der Waals surface area contributed by atoms with Crippen LogP contribution in [0.4, 0.5) is 17.1 Å². The number of nitro benzene ring substituents is 1. The van der Waals surface area contributed by atoms with E-state index >= 15 is 0 Å². The molecule has 0 saturated carbocycles. The van der Waals surface area contributed by atoms with Crippen LogP contribution < -0.4 is 20.7 Å². The minimum Gasteiger partial charge on any atom is -0.494 e. The van der Waals surface area contributed by atoms with Gasteiger partial charge in [0.1, 0.15) is 11.4 Å². The van der Waals surface area contributed by atoms with Crippen LogP contribution in [-0.4, -0.2) is 35.0 Å². The summed E-state index contributed by atoms with van der Waals surface area (Å²) < 4.78 is 5.65. The van der Waals surface area contributed by atoms with E-state index in [1.54, 1.807) is 72.8 Å². The second kappa shape index (κ2) is 16.4. The van der Waals surface area contributed by atoms with E-state index in [1.165, 1.54) is 36.0 Å². The summed E-state index contributed by atoms with van der Waals surface area (Å²) in [6, 6.07) is 28.3. The molecule has 0 unspecified atom stereocenters. The van der Waals surface area contributed by atoms with E-state index in [1.807, 2.05) is 12.1 Å². The van der Waals surface area contributed by atoms with Crippen molar-refractivity contribution in [3.8, 4) is 5.75 Å². The van der Waals surface area contributed by atoms with E-state index in [0.717, 1.165) is 23.5 Å². The average molecular weight is 625 g/mol. The molecule has 10 nitrogen and oxygen atoms in total. The molecular formula is C34H32N4O6S. The molecule has 0 saturated heterocycles. The molecule has 4 aromatic rings. The predicted octanol–water partition coefficient (Wildman–Crippen LogP) is 6.91. The van der Waals surface area contributed by atoms with Gasteiger partial charge < -0.3 is 20.7 Å². The lowest BCUT2D eigenvalue weighted by atomic mass is 10.1. The Kier molecular flexibility index (Phi) is 11.9. The topological polar surface area (TPSA) is 140 Å². The molecule has 3 amide bonds. The Morgan fingerprint density at radius 3 is 2.33 bits per heavy atom. The van der Waals surface area contributed by atoms with Crippen molar-refractivity contribution in [2.45, 2.75) is 24.7 Å². The summed E-state index contributed by atoms with van der Waals surface area (Å²) in [6.07, 6.45) is 3.29. The maximum atomic E-state index is 13.4. The first-order valence-corrected chi connectivity index (χ1v) is 15.2. The lowest BCUT2D eigenvalue weighted by Gasteiger charge is -2.12. The van der Waals surface area contributed by atoms with Gasteiger partial charge in [0, 0.05) is 27.9 Å². The zero-order chi connectivity index (χ0) is 32.0. The largest absolute Gasteiger partial charge is 0.494 e. The Morgan fingerprint density at radius 1 is 0.867 bits per heavy atom. The molecule has 0 aliphatic carbocycles. The highest BCUT2D eigenvalue weighted by Crippen LogP contribution is 2.24. The third-order valence-electron chi connectivity index (χ3n) is 6.33. The second-order valence-electron chi connectivity index (χ2n) is 9.74. The number of carbonyl (C=O) groups is 3. The number of hydrogen-bond acceptors (Lipinski definition) is 7. The number of nitro groups is 1. The van der Waals surface area contributed by atoms with Crippen molar-refractivity contribution >= 4 is 52.6 Å². The maximum absolute atomic E-state index is 13.4. The van der Waals surface area contributed by atoms with Gasteiger partial charge in [0.2, 0.25) is 5.91 Å². The lowest BCUT2D eigenvalue weighted by Crippen LogP contribution is -2.30. The standard InChI is InChI=1S/C34H32N4O6S/c1-2-3-20-44-28-18-16-26(17-19-28)35-32(39)23-45-29-14-9-13-27(22-29)36-34(41)30(37-33(40)24-10-5-4-6-11-24)21-25-12-7-8-15-31(25)38(42)43/h4-19,21-22H,2-3,20,23H2,1H3,(H,35,39)(H,36,41)(H,37,40)/b30-21+. The molecule has 0 heterocycles. The van der Waals surface area contributed by atoms with Gasteiger partial charge >= 0.3 is 0 Å². The normalized spacial score (nSPS) is 10.9. The number of anilines is 2. The predicted molar refractivity (Wildman–Crippen MR) is 176 cm³/mol. The molecular weight excluding hydrogens is 592 g/mol. The quantitative estimate of drug-likeness (QED) is 0.0455. The van der Waals surface area contributed by atoms with E-state index in [9.17, 15) is 24.5 Å². The SMILES string of the molecule is CCCCOc1ccc(NC(=O)CSc2cccc(NC(=O)/C(=C\c3ccccc3[N+](=O)[O-])NC(=O)c3ccccc3)c2)cc1. The monoisotopic (exact) mass is 624 g/mol. The number of unbranched alkanes of at least 4 members (excludes halogenated alkanes) is 1. The van der Waals surface area contributed by atoms with Gasteiger partial charge in [0.25, 0.3) is 17.5 Å². The Hall–Kier alpha value is -5.42. The van der Waals surface area contributed by atoms with Crippen LogP contribution in [0.15, 0.2) is 114 Å². The number of hydrogen-bond donors (Lipinski definition) is 3. The Labute approximate surface area is 265 Å². The fraction of sp³-hybridized carbons (Fsp3) is 0.147. The van der Waals surface area contributed by atoms with Crippen molar-refractivity contribution in [1.82, 2.24) is 5.32 Å². The van der Waals surface area contributed by atoms with Crippen LogP contribution in [-0.2, 0) is 9.59 Å². The molecule has 0 atom stereocenters. The van der Waals surface area contributed by atoms with Gasteiger partial charge in [-0.2, -0.15) is 0 Å². The summed E-state index contributed by atoms with van der Waals surface area (Å²) in [7, 11) is 0. The smallest absolute Gasteiger partial charge is 0.276 e. The van der Waals surface area contributed by atoms with Gasteiger partial charge in [-0.1, -0.05) is 49.7 Å². The summed E-state index contributed by atoms with van der Waals surface area (Å²) in [4.78, 5) is 50.6. The van der Waals surface area contributed by atoms with Crippen molar-refractivity contribution in [1.29, 1.82) is 0 Å². The number of rotatable bonds is 14. The third-order valence-corrected chi connectivity index (χ3v) is 7.32. The number of carbonyl (C=O) groups excluding carboxylic acids is 3. The Balaban J connectivity index is 1.42. The molecule has 0 spiro atoms. The van der Waals surface area contributed by atoms with E-state index < -0.39 is 16.7 Å². The van der Waals surface area contributed by atoms with Gasteiger partial charge in [0.05, 0.1) is 22.8 Å². The summed E-state index contributed by atoms with van der Waals surface area (Å²) in [6.45, 7) is 2.74. The van der Waals surface area contributed by atoms with Crippen LogP contribution in [0.25, 0.3) is 6.08 Å². The van der Waals surface area contributed by atoms with Gasteiger partial charge in [0.15, 0.2) is 0 Å². The molecule has 3 N–H and O–H groups in total. The zero-order valence-corrected chi connectivity index (χ0v) is 25.3. The minimum atomic E-state index is -0.681. The molecule has 0 radical (unpaired) electrons. The molecule has 0 aliphatic heterocycles. The number of nitrogens with zero attached hydrogens (tertiary/aromatic N) is 1. The van der Waals surface area contributed by atoms with E-state index in [-0.39, 0.29) is 28.6 Å². The van der Waals surface area contributed by atoms with Crippen molar-refractivity contribution in [3.63, 3.8) is 0 Å². The van der Waals surface area contributed by atoms with Gasteiger partial charge in [-0.25, -0.2) is 0 Å². The fourth-order valence-electron chi connectivity index (χ4n) is 4.05.